The number of hydrogen-bond donors (Lipinski definition) is 1. The van der Waals surface area contributed by atoms with E-state index in [2.05, 4.69) is 12.2 Å². The predicted octanol–water partition coefficient (Wildman–Crippen LogP) is 4.68. The molecule has 0 aliphatic rings. The fourth-order valence-electron chi connectivity index (χ4n) is 3.20. The lowest BCUT2D eigenvalue weighted by Crippen LogP contribution is -2.31. The van der Waals surface area contributed by atoms with Gasteiger partial charge in [-0.05, 0) is 50.5 Å². The van der Waals surface area contributed by atoms with Crippen LogP contribution >= 0.6 is 23.1 Å². The fraction of sp³-hybridized carbons (Fsp3) is 0.435. The third-order valence-electron chi connectivity index (χ3n) is 5.27. The van der Waals surface area contributed by atoms with E-state index < -0.39 is 0 Å². The van der Waals surface area contributed by atoms with Crippen molar-refractivity contribution in [2.45, 2.75) is 64.0 Å². The summed E-state index contributed by atoms with van der Waals surface area (Å²) in [5.74, 6) is 0.695. The van der Waals surface area contributed by atoms with Gasteiger partial charge in [0, 0.05) is 18.0 Å². The fourth-order valence-corrected chi connectivity index (χ4v) is 5.23. The van der Waals surface area contributed by atoms with E-state index in [0.717, 1.165) is 39.4 Å². The molecule has 1 atom stereocenters. The molecule has 0 saturated carbocycles. The van der Waals surface area contributed by atoms with Gasteiger partial charge in [0.25, 0.3) is 5.56 Å². The maximum absolute atomic E-state index is 13.2. The molecule has 2 aromatic heterocycles. The summed E-state index contributed by atoms with van der Waals surface area (Å²) in [6, 6.07) is 7.60. The highest BCUT2D eigenvalue weighted by atomic mass is 32.2. The van der Waals surface area contributed by atoms with Crippen LogP contribution in [0.1, 0.15) is 42.7 Å². The Morgan fingerprint density at radius 1 is 1.29 bits per heavy atom. The number of ether oxygens (including phenoxy) is 1. The zero-order valence-corrected chi connectivity index (χ0v) is 20.3. The molecule has 0 saturated heterocycles. The Hall–Kier alpha value is -2.32. The lowest BCUT2D eigenvalue weighted by molar-refractivity contribution is -0.120. The van der Waals surface area contributed by atoms with Crippen LogP contribution in [0.15, 0.2) is 34.2 Å². The topological polar surface area (TPSA) is 73.2 Å². The van der Waals surface area contributed by atoms with Crippen molar-refractivity contribution in [1.82, 2.24) is 14.9 Å². The van der Waals surface area contributed by atoms with E-state index >= 15 is 0 Å². The third kappa shape index (κ3) is 5.30. The predicted molar refractivity (Wildman–Crippen MR) is 128 cm³/mol. The highest BCUT2D eigenvalue weighted by molar-refractivity contribution is 8.00. The van der Waals surface area contributed by atoms with Gasteiger partial charge in [0.2, 0.25) is 5.91 Å². The Bertz CT molecular complexity index is 1120. The van der Waals surface area contributed by atoms with Crippen LogP contribution in [0.25, 0.3) is 10.2 Å². The summed E-state index contributed by atoms with van der Waals surface area (Å²) in [7, 11) is 1.62. The molecular formula is C23H29N3O3S2. The molecule has 166 valence electrons. The second-order valence-corrected chi connectivity index (χ2v) is 10.0. The monoisotopic (exact) mass is 459 g/mol. The van der Waals surface area contributed by atoms with E-state index in [0.29, 0.717) is 23.6 Å². The summed E-state index contributed by atoms with van der Waals surface area (Å²) < 4.78 is 6.90. The molecule has 3 aromatic rings. The van der Waals surface area contributed by atoms with Crippen LogP contribution in [0, 0.1) is 13.8 Å². The van der Waals surface area contributed by atoms with Crippen LogP contribution in [0.5, 0.6) is 5.75 Å². The van der Waals surface area contributed by atoms with Gasteiger partial charge in [-0.1, -0.05) is 37.2 Å². The van der Waals surface area contributed by atoms with Crippen molar-refractivity contribution in [3.63, 3.8) is 0 Å². The van der Waals surface area contributed by atoms with Crippen LogP contribution in [0.3, 0.4) is 0 Å². The maximum Gasteiger partial charge on any atom is 0.263 e. The highest BCUT2D eigenvalue weighted by Crippen LogP contribution is 2.30. The first-order valence-electron chi connectivity index (χ1n) is 10.4. The van der Waals surface area contributed by atoms with E-state index in [-0.39, 0.29) is 16.7 Å². The largest absolute Gasteiger partial charge is 0.497 e. The number of aromatic nitrogens is 2. The molecule has 0 fully saturated rings. The van der Waals surface area contributed by atoms with Gasteiger partial charge in [-0.3, -0.25) is 14.2 Å². The van der Waals surface area contributed by atoms with Gasteiger partial charge in [0.15, 0.2) is 5.16 Å². The van der Waals surface area contributed by atoms with Crippen molar-refractivity contribution >= 4 is 39.2 Å². The first-order chi connectivity index (χ1) is 14.8. The van der Waals surface area contributed by atoms with Crippen molar-refractivity contribution in [3.05, 3.63) is 50.6 Å². The van der Waals surface area contributed by atoms with Crippen molar-refractivity contribution in [1.29, 1.82) is 0 Å². The summed E-state index contributed by atoms with van der Waals surface area (Å²) in [4.78, 5) is 32.6. The first kappa shape index (κ1) is 23.3. The number of thiophene rings is 1. The van der Waals surface area contributed by atoms with Gasteiger partial charge < -0.3 is 10.1 Å². The number of carbonyl (C=O) groups excluding carboxylic acids is 1. The molecule has 2 heterocycles. The Balaban J connectivity index is 1.78. The normalized spacial score (nSPS) is 12.2. The average molecular weight is 460 g/mol. The highest BCUT2D eigenvalue weighted by Gasteiger charge is 2.21. The zero-order chi connectivity index (χ0) is 22.5. The van der Waals surface area contributed by atoms with E-state index in [1.54, 1.807) is 11.7 Å². The molecular weight excluding hydrogens is 430 g/mol. The smallest absolute Gasteiger partial charge is 0.263 e. The standard InChI is InChI=1S/C23H29N3O3S2/c1-6-7-12-26-22(28)19-14(2)15(3)30-21(19)25-23(26)31-16(4)20(27)24-13-17-8-10-18(29-5)11-9-17/h8-11,16H,6-7,12-13H2,1-5H3,(H,24,27). The molecule has 6 nitrogen and oxygen atoms in total. The van der Waals surface area contributed by atoms with Gasteiger partial charge in [-0.2, -0.15) is 0 Å². The Labute approximate surface area is 191 Å². The quantitative estimate of drug-likeness (QED) is 0.371. The van der Waals surface area contributed by atoms with Gasteiger partial charge in [0.1, 0.15) is 10.6 Å². The van der Waals surface area contributed by atoms with Crippen LogP contribution < -0.4 is 15.6 Å². The minimum Gasteiger partial charge on any atom is -0.497 e. The molecule has 0 bridgehead atoms. The summed E-state index contributed by atoms with van der Waals surface area (Å²) in [6.07, 6.45) is 1.87. The second-order valence-electron chi connectivity index (χ2n) is 7.49. The Kier molecular flexibility index (Phi) is 7.78. The Morgan fingerprint density at radius 2 is 2.00 bits per heavy atom. The number of carbonyl (C=O) groups is 1. The number of thioether (sulfide) groups is 1. The van der Waals surface area contributed by atoms with E-state index in [1.807, 2.05) is 45.0 Å². The number of benzene rings is 1. The number of unbranched alkanes of at least 4 members (excludes halogenated alkanes) is 1. The van der Waals surface area contributed by atoms with Crippen molar-refractivity contribution in [3.8, 4) is 5.75 Å². The molecule has 0 spiro atoms. The minimum absolute atomic E-state index is 0.00589. The molecule has 8 heteroatoms. The number of nitrogens with zero attached hydrogens (tertiary/aromatic N) is 2. The van der Waals surface area contributed by atoms with E-state index in [9.17, 15) is 9.59 Å². The van der Waals surface area contributed by atoms with Crippen LogP contribution in [0.2, 0.25) is 0 Å². The summed E-state index contributed by atoms with van der Waals surface area (Å²) in [5.41, 5.74) is 1.99. The molecule has 1 amide bonds. The molecule has 1 unspecified atom stereocenters. The molecule has 1 aromatic carbocycles. The molecule has 0 aliphatic heterocycles. The number of rotatable bonds is 9. The lowest BCUT2D eigenvalue weighted by atomic mass is 10.2. The Morgan fingerprint density at radius 3 is 2.65 bits per heavy atom. The van der Waals surface area contributed by atoms with Crippen LogP contribution in [0.4, 0.5) is 0 Å². The third-order valence-corrected chi connectivity index (χ3v) is 7.46. The van der Waals surface area contributed by atoms with E-state index in [1.165, 1.54) is 23.1 Å². The molecule has 3 rings (SSSR count). The lowest BCUT2D eigenvalue weighted by Gasteiger charge is -2.16. The minimum atomic E-state index is -0.377. The number of methoxy groups -OCH3 is 1. The van der Waals surface area contributed by atoms with Crippen LogP contribution in [-0.4, -0.2) is 27.8 Å². The number of aryl methyl sites for hydroxylation is 2. The molecule has 31 heavy (non-hydrogen) atoms. The molecule has 0 radical (unpaired) electrons. The second kappa shape index (κ2) is 10.3. The van der Waals surface area contributed by atoms with Crippen molar-refractivity contribution in [2.24, 2.45) is 0 Å². The first-order valence-corrected chi connectivity index (χ1v) is 12.1. The van der Waals surface area contributed by atoms with Crippen LogP contribution in [-0.2, 0) is 17.9 Å². The summed E-state index contributed by atoms with van der Waals surface area (Å²) in [6.45, 7) is 8.97. The van der Waals surface area contributed by atoms with Gasteiger partial charge in [0.05, 0.1) is 17.7 Å². The van der Waals surface area contributed by atoms with Gasteiger partial charge in [-0.15, -0.1) is 11.3 Å². The van der Waals surface area contributed by atoms with Crippen molar-refractivity contribution in [2.75, 3.05) is 7.11 Å². The average Bonchev–Trinajstić information content (AvgIpc) is 3.05. The number of hydrogen-bond acceptors (Lipinski definition) is 6. The van der Waals surface area contributed by atoms with E-state index in [4.69, 9.17) is 9.72 Å². The maximum atomic E-state index is 13.2. The summed E-state index contributed by atoms with van der Waals surface area (Å²) in [5, 5.41) is 3.91. The number of fused-ring (bicyclic) bond motifs is 1. The SMILES string of the molecule is CCCCn1c(SC(C)C(=O)NCc2ccc(OC)cc2)nc2sc(C)c(C)c2c1=O. The number of amides is 1. The molecule has 1 N–H and O–H groups in total. The van der Waals surface area contributed by atoms with Gasteiger partial charge >= 0.3 is 0 Å². The zero-order valence-electron chi connectivity index (χ0n) is 18.7. The van der Waals surface area contributed by atoms with Crippen molar-refractivity contribution < 1.29 is 9.53 Å². The molecule has 0 aliphatic carbocycles. The van der Waals surface area contributed by atoms with Gasteiger partial charge in [-0.25, -0.2) is 4.98 Å². The number of nitrogens with one attached hydrogen (secondary N) is 1. The summed E-state index contributed by atoms with van der Waals surface area (Å²) >= 11 is 2.88.